The average Bonchev–Trinajstić information content (AvgIpc) is 2.93. The molecule has 0 aromatic heterocycles. The number of ketones is 1. The second-order valence-corrected chi connectivity index (χ2v) is 9.08. The zero-order valence-corrected chi connectivity index (χ0v) is 20.4. The Hall–Kier alpha value is -4.29. The number of Topliss-reactive ketones (excluding diaryl/α,β-unsaturated/α-hetero) is 1. The van der Waals surface area contributed by atoms with Crippen LogP contribution in [-0.2, 0) is 14.3 Å². The van der Waals surface area contributed by atoms with Crippen molar-refractivity contribution in [2.24, 2.45) is 5.73 Å². The number of morpholine rings is 1. The molecule has 3 aliphatic rings. The third-order valence-corrected chi connectivity index (χ3v) is 6.92. The largest absolute Gasteiger partial charge is 0.493 e. The molecule has 5 rings (SSSR count). The number of nitrogens with two attached hydrogens (primary N) is 1. The van der Waals surface area contributed by atoms with Gasteiger partial charge in [-0.3, -0.25) is 4.79 Å². The van der Waals surface area contributed by atoms with Crippen LogP contribution in [-0.4, -0.2) is 50.2 Å². The molecule has 2 aromatic rings. The van der Waals surface area contributed by atoms with E-state index in [4.69, 9.17) is 24.7 Å². The number of allylic oxidation sites excluding steroid dienone is 3. The smallest absolute Gasteiger partial charge is 0.415 e. The molecule has 2 N–H and O–H groups in total. The van der Waals surface area contributed by atoms with E-state index in [2.05, 4.69) is 6.07 Å². The quantitative estimate of drug-likeness (QED) is 0.672. The minimum absolute atomic E-state index is 0.0189. The van der Waals surface area contributed by atoms with Crippen molar-refractivity contribution >= 4 is 11.9 Å². The molecule has 0 bridgehead atoms. The first-order valence-electron chi connectivity index (χ1n) is 12.1. The number of nitriles is 1. The molecule has 37 heavy (non-hydrogen) atoms. The summed E-state index contributed by atoms with van der Waals surface area (Å²) in [5, 5.41) is 9.93. The maximum atomic E-state index is 13.5. The summed E-state index contributed by atoms with van der Waals surface area (Å²) in [6.45, 7) is 1.80. The van der Waals surface area contributed by atoms with Crippen molar-refractivity contribution < 1.29 is 28.5 Å². The summed E-state index contributed by atoms with van der Waals surface area (Å²) >= 11 is 0. The van der Waals surface area contributed by atoms with E-state index in [-0.39, 0.29) is 28.9 Å². The van der Waals surface area contributed by atoms with Crippen LogP contribution in [0.2, 0.25) is 0 Å². The molecule has 2 heterocycles. The van der Waals surface area contributed by atoms with Gasteiger partial charge in [-0.2, -0.15) is 5.26 Å². The van der Waals surface area contributed by atoms with Crippen molar-refractivity contribution in [3.8, 4) is 17.6 Å². The van der Waals surface area contributed by atoms with E-state index in [1.807, 2.05) is 30.3 Å². The van der Waals surface area contributed by atoms with E-state index in [0.29, 0.717) is 61.8 Å². The first-order valence-corrected chi connectivity index (χ1v) is 12.1. The fourth-order valence-corrected chi connectivity index (χ4v) is 5.05. The van der Waals surface area contributed by atoms with Gasteiger partial charge in [0.05, 0.1) is 26.2 Å². The number of rotatable bonds is 4. The Morgan fingerprint density at radius 2 is 1.84 bits per heavy atom. The number of carbonyl (C=O) groups is 2. The predicted molar refractivity (Wildman–Crippen MR) is 133 cm³/mol. The number of hydrogen-bond acceptors (Lipinski definition) is 8. The highest BCUT2D eigenvalue weighted by atomic mass is 16.6. The van der Waals surface area contributed by atoms with Crippen LogP contribution in [0.15, 0.2) is 71.3 Å². The minimum Gasteiger partial charge on any atom is -0.493 e. The number of hydrogen-bond donors (Lipinski definition) is 1. The number of amides is 1. The van der Waals surface area contributed by atoms with Crippen LogP contribution < -0.4 is 15.2 Å². The first-order chi connectivity index (χ1) is 18.0. The van der Waals surface area contributed by atoms with Crippen molar-refractivity contribution in [3.05, 3.63) is 82.4 Å². The maximum absolute atomic E-state index is 13.5. The maximum Gasteiger partial charge on any atom is 0.415 e. The van der Waals surface area contributed by atoms with Gasteiger partial charge >= 0.3 is 6.09 Å². The zero-order valence-electron chi connectivity index (χ0n) is 20.4. The number of nitrogens with zero attached hydrogens (tertiary/aromatic N) is 2. The van der Waals surface area contributed by atoms with Gasteiger partial charge in [0.15, 0.2) is 17.3 Å². The van der Waals surface area contributed by atoms with Crippen LogP contribution in [0.25, 0.3) is 0 Å². The third-order valence-electron chi connectivity index (χ3n) is 6.92. The fourth-order valence-electron chi connectivity index (χ4n) is 5.05. The van der Waals surface area contributed by atoms with Gasteiger partial charge in [0.1, 0.15) is 17.4 Å². The summed E-state index contributed by atoms with van der Waals surface area (Å²) in [5.41, 5.74) is 8.42. The standard InChI is InChI=1S/C28H27N3O6/c1-34-23-14-18(7-8-22(23)37-28(33)31-9-11-35-12-10-31)25-20(16-29)27(30)36-24-15-19(13-21(32)26(24)25)17-5-3-2-4-6-17/h2-8,14,19,25H,9-13,15,30H2,1H3/t19-,25+/m1/s1. The molecule has 2 atom stereocenters. The molecule has 9 nitrogen and oxygen atoms in total. The Balaban J connectivity index is 1.48. The Morgan fingerprint density at radius 3 is 2.54 bits per heavy atom. The van der Waals surface area contributed by atoms with Gasteiger partial charge < -0.3 is 29.6 Å². The molecule has 2 aliphatic heterocycles. The van der Waals surface area contributed by atoms with E-state index in [1.54, 1.807) is 23.1 Å². The number of ether oxygens (including phenoxy) is 4. The topological polar surface area (TPSA) is 124 Å². The molecule has 1 fully saturated rings. The Morgan fingerprint density at radius 1 is 1.08 bits per heavy atom. The summed E-state index contributed by atoms with van der Waals surface area (Å²) in [6, 6.07) is 16.9. The van der Waals surface area contributed by atoms with Crippen LogP contribution in [0.3, 0.4) is 0 Å². The van der Waals surface area contributed by atoms with Gasteiger partial charge in [-0.1, -0.05) is 36.4 Å². The Bertz CT molecular complexity index is 1320. The van der Waals surface area contributed by atoms with E-state index >= 15 is 0 Å². The van der Waals surface area contributed by atoms with Crippen LogP contribution in [0.1, 0.15) is 35.8 Å². The van der Waals surface area contributed by atoms with Gasteiger partial charge in [-0.05, 0) is 29.2 Å². The normalized spacial score (nSPS) is 21.6. The molecule has 1 saturated heterocycles. The molecule has 1 amide bonds. The Kier molecular flexibility index (Phi) is 6.84. The summed E-state index contributed by atoms with van der Waals surface area (Å²) < 4.78 is 22.2. The molecule has 0 saturated carbocycles. The molecular weight excluding hydrogens is 474 g/mol. The molecule has 1 aliphatic carbocycles. The zero-order chi connectivity index (χ0) is 25.9. The number of carbonyl (C=O) groups excluding carboxylic acids is 2. The predicted octanol–water partition coefficient (Wildman–Crippen LogP) is 3.73. The van der Waals surface area contributed by atoms with E-state index < -0.39 is 12.0 Å². The van der Waals surface area contributed by atoms with Crippen LogP contribution in [0.5, 0.6) is 11.5 Å². The van der Waals surface area contributed by atoms with Crippen molar-refractivity contribution in [2.45, 2.75) is 24.7 Å². The fraction of sp³-hybridized carbons (Fsp3) is 0.321. The second kappa shape index (κ2) is 10.4. The van der Waals surface area contributed by atoms with Gasteiger partial charge in [0.2, 0.25) is 5.88 Å². The molecule has 2 aromatic carbocycles. The molecular formula is C28H27N3O6. The van der Waals surface area contributed by atoms with Crippen LogP contribution >= 0.6 is 0 Å². The molecule has 9 heteroatoms. The molecule has 0 spiro atoms. The number of methoxy groups -OCH3 is 1. The molecule has 190 valence electrons. The third kappa shape index (κ3) is 4.76. The summed E-state index contributed by atoms with van der Waals surface area (Å²) in [4.78, 5) is 27.6. The van der Waals surface area contributed by atoms with Crippen molar-refractivity contribution in [3.63, 3.8) is 0 Å². The minimum atomic E-state index is -0.712. The van der Waals surface area contributed by atoms with Gasteiger partial charge in [-0.25, -0.2) is 4.79 Å². The average molecular weight is 502 g/mol. The van der Waals surface area contributed by atoms with Crippen molar-refractivity contribution in [1.82, 2.24) is 4.90 Å². The first kappa shape index (κ1) is 24.4. The van der Waals surface area contributed by atoms with Crippen molar-refractivity contribution in [2.75, 3.05) is 33.4 Å². The summed E-state index contributed by atoms with van der Waals surface area (Å²) in [7, 11) is 1.46. The van der Waals surface area contributed by atoms with E-state index in [1.165, 1.54) is 7.11 Å². The van der Waals surface area contributed by atoms with Gasteiger partial charge in [0.25, 0.3) is 0 Å². The lowest BCUT2D eigenvalue weighted by Gasteiger charge is -2.34. The van der Waals surface area contributed by atoms with Crippen LogP contribution in [0, 0.1) is 11.3 Å². The summed E-state index contributed by atoms with van der Waals surface area (Å²) in [6.07, 6.45) is 0.294. The summed E-state index contributed by atoms with van der Waals surface area (Å²) in [5.74, 6) is 0.148. The highest BCUT2D eigenvalue weighted by Crippen LogP contribution is 2.47. The van der Waals surface area contributed by atoms with E-state index in [9.17, 15) is 14.9 Å². The Labute approximate surface area is 214 Å². The highest BCUT2D eigenvalue weighted by molar-refractivity contribution is 6.00. The van der Waals surface area contributed by atoms with Gasteiger partial charge in [-0.15, -0.1) is 0 Å². The molecule has 0 unspecified atom stereocenters. The lowest BCUT2D eigenvalue weighted by molar-refractivity contribution is -0.117. The lowest BCUT2D eigenvalue weighted by Crippen LogP contribution is -2.42. The van der Waals surface area contributed by atoms with E-state index in [0.717, 1.165) is 5.56 Å². The number of benzene rings is 2. The second-order valence-electron chi connectivity index (χ2n) is 9.08. The van der Waals surface area contributed by atoms with Crippen molar-refractivity contribution in [1.29, 1.82) is 5.26 Å². The molecule has 0 radical (unpaired) electrons. The lowest BCUT2D eigenvalue weighted by atomic mass is 9.73. The monoisotopic (exact) mass is 501 g/mol. The highest BCUT2D eigenvalue weighted by Gasteiger charge is 2.41. The van der Waals surface area contributed by atoms with Gasteiger partial charge in [0, 0.05) is 31.5 Å². The van der Waals surface area contributed by atoms with Crippen LogP contribution in [0.4, 0.5) is 4.79 Å². The SMILES string of the molecule is COc1cc([C@H]2C(C#N)=C(N)OC3=C2C(=O)C[C@@H](c2ccccc2)C3)ccc1OC(=O)N1CCOCC1.